The normalized spacial score (nSPS) is 11.4. The monoisotopic (exact) mass is 481 g/mol. The summed E-state index contributed by atoms with van der Waals surface area (Å²) < 4.78 is 43.4. The summed E-state index contributed by atoms with van der Waals surface area (Å²) in [6, 6.07) is 16.0. The molecule has 10 heteroatoms. The number of carbonyl (C=O) groups is 1. The second-order valence-electron chi connectivity index (χ2n) is 7.50. The SMILES string of the molecule is Cc1noc(C)c1COc1cccc(C(=O)Nc2ccc(S(=O)(=O)NCc3ccco3)cc2)c1. The van der Waals surface area contributed by atoms with Gasteiger partial charge in [0, 0.05) is 11.3 Å². The number of ether oxygens (including phenoxy) is 1. The molecule has 4 aromatic rings. The maximum absolute atomic E-state index is 12.7. The number of hydrogen-bond donors (Lipinski definition) is 2. The number of sulfonamides is 1. The van der Waals surface area contributed by atoms with E-state index in [1.165, 1.54) is 30.5 Å². The first-order chi connectivity index (χ1) is 16.3. The number of aromatic nitrogens is 1. The second-order valence-corrected chi connectivity index (χ2v) is 9.27. The number of amides is 1. The third-order valence-electron chi connectivity index (χ3n) is 5.10. The number of aryl methyl sites for hydroxylation is 2. The molecule has 0 saturated carbocycles. The lowest BCUT2D eigenvalue weighted by Crippen LogP contribution is -2.23. The van der Waals surface area contributed by atoms with E-state index in [1.807, 2.05) is 13.8 Å². The molecule has 1 amide bonds. The summed E-state index contributed by atoms with van der Waals surface area (Å²) >= 11 is 0. The van der Waals surface area contributed by atoms with E-state index >= 15 is 0 Å². The number of anilines is 1. The molecule has 0 spiro atoms. The molecule has 0 aliphatic carbocycles. The first-order valence-electron chi connectivity index (χ1n) is 10.4. The minimum Gasteiger partial charge on any atom is -0.489 e. The Bertz CT molecular complexity index is 1360. The summed E-state index contributed by atoms with van der Waals surface area (Å²) in [5.41, 5.74) is 2.47. The largest absolute Gasteiger partial charge is 0.489 e. The lowest BCUT2D eigenvalue weighted by Gasteiger charge is -2.10. The Morgan fingerprint density at radius 2 is 1.85 bits per heavy atom. The molecule has 0 fully saturated rings. The van der Waals surface area contributed by atoms with Gasteiger partial charge >= 0.3 is 0 Å². The Morgan fingerprint density at radius 1 is 1.06 bits per heavy atom. The van der Waals surface area contributed by atoms with Crippen molar-refractivity contribution in [2.45, 2.75) is 31.9 Å². The van der Waals surface area contributed by atoms with Crippen LogP contribution in [0.5, 0.6) is 5.75 Å². The molecule has 0 aliphatic heterocycles. The van der Waals surface area contributed by atoms with Crippen LogP contribution in [0.15, 0.2) is 80.8 Å². The summed E-state index contributed by atoms with van der Waals surface area (Å²) in [5.74, 6) is 1.37. The van der Waals surface area contributed by atoms with Crippen LogP contribution in [0.4, 0.5) is 5.69 Å². The van der Waals surface area contributed by atoms with Crippen molar-refractivity contribution in [2.24, 2.45) is 0 Å². The van der Waals surface area contributed by atoms with Gasteiger partial charge in [-0.1, -0.05) is 11.2 Å². The summed E-state index contributed by atoms with van der Waals surface area (Å²) in [6.45, 7) is 3.97. The van der Waals surface area contributed by atoms with E-state index < -0.39 is 10.0 Å². The van der Waals surface area contributed by atoms with E-state index in [1.54, 1.807) is 36.4 Å². The first-order valence-corrected chi connectivity index (χ1v) is 11.9. The van der Waals surface area contributed by atoms with Gasteiger partial charge in [-0.25, -0.2) is 13.1 Å². The average molecular weight is 482 g/mol. The minimum atomic E-state index is -3.72. The quantitative estimate of drug-likeness (QED) is 0.367. The topological polar surface area (TPSA) is 124 Å². The fourth-order valence-corrected chi connectivity index (χ4v) is 4.17. The number of hydrogen-bond acceptors (Lipinski definition) is 7. The molecule has 0 saturated heterocycles. The standard InChI is InChI=1S/C24H23N3O6S/c1-16-23(17(2)33-27-16)15-32-20-6-3-5-18(13-20)24(28)26-19-8-10-22(11-9-19)34(29,30)25-14-21-7-4-12-31-21/h3-13,25H,14-15H2,1-2H3,(H,26,28). The Morgan fingerprint density at radius 3 is 2.53 bits per heavy atom. The van der Waals surface area contributed by atoms with Crippen LogP contribution in [-0.4, -0.2) is 19.5 Å². The van der Waals surface area contributed by atoms with Crippen molar-refractivity contribution in [1.82, 2.24) is 9.88 Å². The van der Waals surface area contributed by atoms with E-state index in [2.05, 4.69) is 15.2 Å². The number of nitrogens with one attached hydrogen (secondary N) is 2. The van der Waals surface area contributed by atoms with Crippen LogP contribution >= 0.6 is 0 Å². The molecule has 2 N–H and O–H groups in total. The zero-order chi connectivity index (χ0) is 24.1. The molecule has 2 aromatic heterocycles. The summed E-state index contributed by atoms with van der Waals surface area (Å²) in [4.78, 5) is 12.8. The number of furan rings is 1. The third kappa shape index (κ3) is 5.53. The van der Waals surface area contributed by atoms with E-state index in [0.717, 1.165) is 11.3 Å². The number of carbonyl (C=O) groups excluding carboxylic acids is 1. The van der Waals surface area contributed by atoms with Gasteiger partial charge in [-0.05, 0) is 68.4 Å². The highest BCUT2D eigenvalue weighted by Gasteiger charge is 2.15. The number of nitrogens with zero attached hydrogens (tertiary/aromatic N) is 1. The molecule has 4 rings (SSSR count). The van der Waals surface area contributed by atoms with Crippen molar-refractivity contribution in [1.29, 1.82) is 0 Å². The molecule has 176 valence electrons. The maximum atomic E-state index is 12.7. The fraction of sp³-hybridized carbons (Fsp3) is 0.167. The average Bonchev–Trinajstić information content (AvgIpc) is 3.47. The molecular formula is C24H23N3O6S. The Labute approximate surface area is 196 Å². The van der Waals surface area contributed by atoms with Gasteiger partial charge in [-0.2, -0.15) is 0 Å². The smallest absolute Gasteiger partial charge is 0.255 e. The van der Waals surface area contributed by atoms with Gasteiger partial charge in [0.25, 0.3) is 5.91 Å². The number of benzene rings is 2. The minimum absolute atomic E-state index is 0.0441. The lowest BCUT2D eigenvalue weighted by atomic mass is 10.2. The van der Waals surface area contributed by atoms with Crippen LogP contribution in [0.25, 0.3) is 0 Å². The van der Waals surface area contributed by atoms with Gasteiger partial charge in [0.2, 0.25) is 10.0 Å². The molecule has 2 aromatic carbocycles. The third-order valence-corrected chi connectivity index (χ3v) is 6.52. The number of rotatable bonds is 9. The van der Waals surface area contributed by atoms with Crippen LogP contribution in [0.1, 0.15) is 33.1 Å². The molecular weight excluding hydrogens is 458 g/mol. The molecule has 0 radical (unpaired) electrons. The van der Waals surface area contributed by atoms with Gasteiger partial charge in [-0.15, -0.1) is 0 Å². The van der Waals surface area contributed by atoms with Crippen LogP contribution in [0.2, 0.25) is 0 Å². The molecule has 0 bridgehead atoms. The van der Waals surface area contributed by atoms with Gasteiger partial charge in [0.1, 0.15) is 23.9 Å². The van der Waals surface area contributed by atoms with E-state index in [-0.39, 0.29) is 24.0 Å². The second kappa shape index (κ2) is 9.94. The fourth-order valence-electron chi connectivity index (χ4n) is 3.17. The molecule has 0 unspecified atom stereocenters. The van der Waals surface area contributed by atoms with Gasteiger partial charge in [-0.3, -0.25) is 4.79 Å². The molecule has 0 aliphatic rings. The predicted octanol–water partition coefficient (Wildman–Crippen LogP) is 4.19. The highest BCUT2D eigenvalue weighted by molar-refractivity contribution is 7.89. The zero-order valence-corrected chi connectivity index (χ0v) is 19.4. The molecule has 9 nitrogen and oxygen atoms in total. The molecule has 34 heavy (non-hydrogen) atoms. The van der Waals surface area contributed by atoms with Gasteiger partial charge in [0.15, 0.2) is 0 Å². The van der Waals surface area contributed by atoms with Crippen molar-refractivity contribution in [3.63, 3.8) is 0 Å². The van der Waals surface area contributed by atoms with Crippen LogP contribution in [0.3, 0.4) is 0 Å². The van der Waals surface area contributed by atoms with E-state index in [4.69, 9.17) is 13.7 Å². The van der Waals surface area contributed by atoms with Crippen molar-refractivity contribution >= 4 is 21.6 Å². The van der Waals surface area contributed by atoms with Gasteiger partial charge in [0.05, 0.1) is 29.0 Å². The predicted molar refractivity (Wildman–Crippen MR) is 124 cm³/mol. The van der Waals surface area contributed by atoms with Crippen molar-refractivity contribution in [3.8, 4) is 5.75 Å². The maximum Gasteiger partial charge on any atom is 0.255 e. The van der Waals surface area contributed by atoms with Crippen molar-refractivity contribution < 1.29 is 26.9 Å². The molecule has 2 heterocycles. The van der Waals surface area contributed by atoms with Crippen molar-refractivity contribution in [3.05, 3.63) is 95.3 Å². The first kappa shape index (κ1) is 23.3. The van der Waals surface area contributed by atoms with Gasteiger partial charge < -0.3 is 19.0 Å². The zero-order valence-electron chi connectivity index (χ0n) is 18.6. The highest BCUT2D eigenvalue weighted by Crippen LogP contribution is 2.20. The Hall–Kier alpha value is -3.89. The summed E-state index contributed by atoms with van der Waals surface area (Å²) in [5, 5.41) is 6.66. The summed E-state index contributed by atoms with van der Waals surface area (Å²) in [6.07, 6.45) is 1.47. The van der Waals surface area contributed by atoms with Crippen LogP contribution in [-0.2, 0) is 23.2 Å². The lowest BCUT2D eigenvalue weighted by molar-refractivity contribution is 0.102. The van der Waals surface area contributed by atoms with E-state index in [9.17, 15) is 13.2 Å². The van der Waals surface area contributed by atoms with Crippen molar-refractivity contribution in [2.75, 3.05) is 5.32 Å². The van der Waals surface area contributed by atoms with Crippen LogP contribution < -0.4 is 14.8 Å². The highest BCUT2D eigenvalue weighted by atomic mass is 32.2. The molecule has 0 atom stereocenters. The van der Waals surface area contributed by atoms with E-state index in [0.29, 0.717) is 28.5 Å². The van der Waals surface area contributed by atoms with Crippen LogP contribution in [0, 0.1) is 13.8 Å². The summed E-state index contributed by atoms with van der Waals surface area (Å²) in [7, 11) is -3.72. The Balaban J connectivity index is 1.37. The Kier molecular flexibility index (Phi) is 6.80.